The molecule has 106 heavy (non-hydrogen) atoms. The van der Waals surface area contributed by atoms with Gasteiger partial charge in [0.1, 0.15) is 66.2 Å². The predicted octanol–water partition coefficient (Wildman–Crippen LogP) is -5.86. The largest absolute Gasteiger partial charge is 0.508 e. The number of phenolic OH excluding ortho intramolecular Hbond substituents is 1. The second-order valence-corrected chi connectivity index (χ2v) is 27.2. The van der Waals surface area contributed by atoms with E-state index in [2.05, 4.69) is 73.1 Å². The molecule has 29 N–H and O–H groups in total. The number of aromatic hydroxyl groups is 1. The van der Waals surface area contributed by atoms with Crippen LogP contribution in [0.3, 0.4) is 0 Å². The summed E-state index contributed by atoms with van der Waals surface area (Å²) in [6.45, 7) is 4.27. The molecule has 11 amide bonds. The smallest absolute Gasteiger partial charge is 0.326 e. The molecule has 0 spiro atoms. The van der Waals surface area contributed by atoms with Crippen molar-refractivity contribution in [1.29, 1.82) is 0 Å². The summed E-state index contributed by atoms with van der Waals surface area (Å²) in [6.07, 6.45) is 3.72. The van der Waals surface area contributed by atoms with Crippen LogP contribution in [0.1, 0.15) is 103 Å². The van der Waals surface area contributed by atoms with Gasteiger partial charge >= 0.3 is 5.97 Å². The average molecular weight is 1510 g/mol. The fraction of sp³-hybridized carbons (Fsp3) is 0.567. The van der Waals surface area contributed by atoms with Gasteiger partial charge in [-0.2, -0.15) is 11.8 Å². The first-order chi connectivity index (χ1) is 50.3. The minimum atomic E-state index is -1.67. The molecule has 3 aromatic rings. The number of aliphatic carboxylic acids is 1. The van der Waals surface area contributed by atoms with Gasteiger partial charge in [0.25, 0.3) is 0 Å². The third-order valence-electron chi connectivity index (χ3n) is 16.9. The number of aromatic amines is 1. The number of benzene rings is 2. The van der Waals surface area contributed by atoms with Gasteiger partial charge in [0, 0.05) is 56.1 Å². The van der Waals surface area contributed by atoms with Crippen LogP contribution >= 0.6 is 11.8 Å². The maximum absolute atomic E-state index is 14.9. The number of phenols is 1. The third-order valence-corrected chi connectivity index (χ3v) is 17.6. The second-order valence-electron chi connectivity index (χ2n) is 26.2. The highest BCUT2D eigenvalue weighted by Gasteiger charge is 2.41. The number of carboxylic acids is 1. The van der Waals surface area contributed by atoms with E-state index in [1.165, 1.54) is 40.9 Å². The molecule has 38 nitrogen and oxygen atoms in total. The lowest BCUT2D eigenvalue weighted by molar-refractivity contribution is -0.144. The van der Waals surface area contributed by atoms with Crippen molar-refractivity contribution in [3.8, 4) is 5.75 Å². The highest BCUT2D eigenvalue weighted by molar-refractivity contribution is 7.98. The maximum atomic E-state index is 14.9. The van der Waals surface area contributed by atoms with Crippen LogP contribution in [0.5, 0.6) is 5.75 Å². The quantitative estimate of drug-likeness (QED) is 0.0142. The van der Waals surface area contributed by atoms with Gasteiger partial charge < -0.3 is 124 Å². The first-order valence-electron chi connectivity index (χ1n) is 34.8. The molecule has 4 rings (SSSR count). The van der Waals surface area contributed by atoms with E-state index in [-0.39, 0.29) is 126 Å². The molecule has 1 aromatic heterocycles. The van der Waals surface area contributed by atoms with Gasteiger partial charge in [0.15, 0.2) is 17.9 Å². The van der Waals surface area contributed by atoms with E-state index in [4.69, 9.17) is 40.1 Å². The number of carbonyl (C=O) groups is 12. The number of amides is 11. The number of likely N-dealkylation sites (tertiary alicyclic amines) is 1. The van der Waals surface area contributed by atoms with Gasteiger partial charge in [0.2, 0.25) is 65.0 Å². The van der Waals surface area contributed by atoms with Crippen molar-refractivity contribution >= 4 is 111 Å². The van der Waals surface area contributed by atoms with E-state index >= 15 is 0 Å². The Hall–Kier alpha value is -10.5. The Kier molecular flexibility index (Phi) is 37.3. The number of H-pyrrole nitrogens is 1. The number of guanidine groups is 3. The van der Waals surface area contributed by atoms with E-state index in [1.54, 1.807) is 64.4 Å². The number of aliphatic hydroxyl groups excluding tert-OH is 2. The van der Waals surface area contributed by atoms with Crippen LogP contribution in [0.25, 0.3) is 10.9 Å². The topological polar surface area (TPSA) is 644 Å². The molecular formula is C67H106N22O16S. The van der Waals surface area contributed by atoms with Gasteiger partial charge in [-0.3, -0.25) is 67.7 Å². The summed E-state index contributed by atoms with van der Waals surface area (Å²) < 4.78 is 0. The Morgan fingerprint density at radius 2 is 1.08 bits per heavy atom. The normalized spacial score (nSPS) is 15.4. The maximum Gasteiger partial charge on any atom is 0.326 e. The molecule has 0 saturated carbocycles. The lowest BCUT2D eigenvalue weighted by atomic mass is 9.99. The molecule has 1 aliphatic heterocycles. The van der Waals surface area contributed by atoms with Gasteiger partial charge in [-0.25, -0.2) is 4.79 Å². The third kappa shape index (κ3) is 29.9. The number of nitrogens with two attached hydrogens (primary N) is 7. The van der Waals surface area contributed by atoms with Crippen molar-refractivity contribution in [3.05, 3.63) is 65.9 Å². The molecule has 1 saturated heterocycles. The number of aromatic nitrogens is 1. The van der Waals surface area contributed by atoms with Crippen molar-refractivity contribution in [2.24, 2.45) is 66.9 Å². The molecule has 586 valence electrons. The van der Waals surface area contributed by atoms with Crippen LogP contribution in [-0.2, 0) is 70.4 Å². The Bertz CT molecular complexity index is 3550. The number of carbonyl (C=O) groups excluding carboxylic acids is 11. The van der Waals surface area contributed by atoms with Crippen molar-refractivity contribution in [3.63, 3.8) is 0 Å². The van der Waals surface area contributed by atoms with Gasteiger partial charge in [-0.05, 0) is 117 Å². The molecule has 0 unspecified atom stereocenters. The highest BCUT2D eigenvalue weighted by atomic mass is 32.2. The number of aliphatic hydroxyl groups is 2. The number of thioether (sulfide) groups is 1. The summed E-state index contributed by atoms with van der Waals surface area (Å²) in [5.74, 6) is -12.4. The number of hydrogen-bond acceptors (Lipinski definition) is 20. The van der Waals surface area contributed by atoms with Gasteiger partial charge in [-0.1, -0.05) is 58.0 Å². The molecule has 0 radical (unpaired) electrons. The lowest BCUT2D eigenvalue weighted by Gasteiger charge is -2.31. The number of carboxylic acid groups (broad SMARTS) is 1. The van der Waals surface area contributed by atoms with E-state index in [9.17, 15) is 78.0 Å². The fourth-order valence-corrected chi connectivity index (χ4v) is 11.8. The molecule has 0 bridgehead atoms. The van der Waals surface area contributed by atoms with E-state index < -0.39 is 163 Å². The molecular weight excluding hydrogens is 1400 g/mol. The molecule has 11 atom stereocenters. The Morgan fingerprint density at radius 3 is 1.66 bits per heavy atom. The molecule has 2 heterocycles. The van der Waals surface area contributed by atoms with Gasteiger partial charge in [-0.15, -0.1) is 0 Å². The Balaban J connectivity index is 1.54. The van der Waals surface area contributed by atoms with Crippen LogP contribution in [0.2, 0.25) is 0 Å². The predicted molar refractivity (Wildman–Crippen MR) is 396 cm³/mol. The summed E-state index contributed by atoms with van der Waals surface area (Å²) in [5.41, 5.74) is 40.7. The number of nitrogens with one attached hydrogen (secondary N) is 11. The second kappa shape index (κ2) is 45.0. The van der Waals surface area contributed by atoms with E-state index in [0.717, 1.165) is 10.9 Å². The van der Waals surface area contributed by atoms with Crippen LogP contribution in [-0.4, -0.2) is 244 Å². The molecule has 0 aliphatic carbocycles. The number of aliphatic imine (C=N–C) groups is 3. The van der Waals surface area contributed by atoms with Crippen LogP contribution in [0, 0.1) is 11.8 Å². The summed E-state index contributed by atoms with van der Waals surface area (Å²) in [6, 6.07) is -2.72. The molecule has 39 heteroatoms. The first-order valence-corrected chi connectivity index (χ1v) is 36.2. The van der Waals surface area contributed by atoms with Crippen LogP contribution < -0.4 is 93.3 Å². The van der Waals surface area contributed by atoms with Crippen molar-refractivity contribution in [2.75, 3.05) is 57.9 Å². The van der Waals surface area contributed by atoms with Gasteiger partial charge in [0.05, 0.1) is 25.8 Å². The van der Waals surface area contributed by atoms with Crippen LogP contribution in [0.15, 0.2) is 69.7 Å². The van der Waals surface area contributed by atoms with E-state index in [1.807, 2.05) is 0 Å². The summed E-state index contributed by atoms with van der Waals surface area (Å²) in [7, 11) is 0. The number of hydrogen-bond donors (Lipinski definition) is 22. The van der Waals surface area contributed by atoms with Crippen molar-refractivity contribution in [1.82, 2.24) is 63.1 Å². The monoisotopic (exact) mass is 1510 g/mol. The molecule has 2 aromatic carbocycles. The zero-order chi connectivity index (χ0) is 78.7. The number of rotatable bonds is 46. The van der Waals surface area contributed by atoms with E-state index in [0.29, 0.717) is 23.3 Å². The summed E-state index contributed by atoms with van der Waals surface area (Å²) in [4.78, 5) is 183. The van der Waals surface area contributed by atoms with Crippen LogP contribution in [0.4, 0.5) is 0 Å². The Labute approximate surface area is 617 Å². The lowest BCUT2D eigenvalue weighted by Crippen LogP contribution is -2.61. The minimum Gasteiger partial charge on any atom is -0.508 e. The summed E-state index contributed by atoms with van der Waals surface area (Å²) >= 11 is 1.35. The number of para-hydroxylation sites is 1. The highest BCUT2D eigenvalue weighted by Crippen LogP contribution is 2.23. The SMILES string of the molecule is CSCC[C@H](NC(=O)[C@H](CO)NC(=O)[C@@H](N)CCCN=C(N)N)C(=O)N[C@@H](CC(C)C)C(=O)NCC(=O)N[C@@H](CCCN=C(N)N)C(=O)N[C@H](C(=O)N[C@@H](Cc1ccc(O)cc1)C(=O)N[C@@H](CCCN=C(N)N)C(=O)N1CCC[C@H]1C(=O)N[C@@H](CO)C(=O)N[C@@H](Cc1c[nH]c2ccccc12)C(=O)O)C(C)C. The first kappa shape index (κ1) is 87.9. The zero-order valence-corrected chi connectivity index (χ0v) is 61.1. The number of fused-ring (bicyclic) bond motifs is 1. The van der Waals surface area contributed by atoms with Crippen molar-refractivity contribution < 1.29 is 78.0 Å². The molecule has 1 aliphatic rings. The zero-order valence-electron chi connectivity index (χ0n) is 60.3. The Morgan fingerprint density at radius 1 is 0.575 bits per heavy atom. The molecule has 1 fully saturated rings. The summed E-state index contributed by atoms with van der Waals surface area (Å²) in [5, 5.41) is 67.0. The van der Waals surface area contributed by atoms with Crippen molar-refractivity contribution in [2.45, 2.75) is 171 Å². The number of nitrogens with zero attached hydrogens (tertiary/aromatic N) is 4. The fourth-order valence-electron chi connectivity index (χ4n) is 11.3. The standard InChI is InChI=1S/C67H106N22O16S/c1-35(2)28-46(83-56(96)44(22-27-106-5)81-59(99)49(33-90)86-54(94)41(68)13-8-23-75-65(69)70)55(95)79-32-52(93)80-43(15-9-24-76-66(71)72)57(97)88-53(36(3)4)62(102)84-47(29-37-18-20-39(92)21-19-37)58(98)82-45(16-10-25-77-67(73)74)63(103)89-26-11-17-51(89)61(101)87-50(34-91)60(100)85-48(64(104)105)30-38-31-78-42-14-7-6-12-40(38)42/h6-7,12,14,18-21,31,35-36,41,43-51,53,78,90-92H,8-11,13,15-17,22-30,32-34,68H2,1-5H3,(H,79,95)(H,80,93)(H,81,99)(H,82,98)(H,83,96)(H,84,102)(H,85,100)(H,86,94)(H,87,101)(H,88,97)(H,104,105)(H4,69,70,75)(H4,71,72,76)(H4,73,74,77)/t41-,43-,44-,45-,46-,47-,48-,49-,50-,51-,53-/m0/s1. The minimum absolute atomic E-state index is 0.0148. The average Bonchev–Trinajstić information content (AvgIpc) is 1.71.